The van der Waals surface area contributed by atoms with E-state index in [0.717, 1.165) is 31.4 Å². The summed E-state index contributed by atoms with van der Waals surface area (Å²) in [5.74, 6) is 0. The Bertz CT molecular complexity index is 711. The molecule has 2 N–H and O–H groups in total. The van der Waals surface area contributed by atoms with E-state index in [1.165, 1.54) is 22.2 Å². The minimum Gasteiger partial charge on any atom is -0.388 e. The van der Waals surface area contributed by atoms with Crippen molar-refractivity contribution in [1.29, 1.82) is 0 Å². The maximum atomic E-state index is 10.2. The van der Waals surface area contributed by atoms with Gasteiger partial charge in [-0.3, -0.25) is 0 Å². The number of hydrogen-bond acceptors (Lipinski definition) is 2. The van der Waals surface area contributed by atoms with Gasteiger partial charge in [0.1, 0.15) is 0 Å². The molecule has 3 heteroatoms. The van der Waals surface area contributed by atoms with Gasteiger partial charge in [0.25, 0.3) is 0 Å². The summed E-state index contributed by atoms with van der Waals surface area (Å²) in [6, 6.07) is 6.54. The molecule has 2 heterocycles. The van der Waals surface area contributed by atoms with Gasteiger partial charge in [-0.25, -0.2) is 0 Å². The summed E-state index contributed by atoms with van der Waals surface area (Å²) in [4.78, 5) is 5.48. The molecule has 1 aliphatic heterocycles. The second-order valence-electron chi connectivity index (χ2n) is 5.59. The van der Waals surface area contributed by atoms with Crippen LogP contribution in [-0.2, 0) is 0 Å². The number of allylic oxidation sites excluding steroid dienone is 1. The number of aromatic nitrogens is 1. The zero-order chi connectivity index (χ0) is 13.5. The maximum Gasteiger partial charge on any atom is 0.0806 e. The number of aliphatic hydroxyl groups is 1. The van der Waals surface area contributed by atoms with Crippen LogP contribution in [0.25, 0.3) is 10.8 Å². The van der Waals surface area contributed by atoms with Crippen molar-refractivity contribution in [1.82, 2.24) is 4.98 Å². The summed E-state index contributed by atoms with van der Waals surface area (Å²) in [6.07, 6.45) is 11.0. The van der Waals surface area contributed by atoms with E-state index in [1.54, 1.807) is 0 Å². The Morgan fingerprint density at radius 1 is 1.20 bits per heavy atom. The topological polar surface area (TPSA) is 39.3 Å². The fourth-order valence-corrected chi connectivity index (χ4v) is 3.32. The predicted octanol–water partition coefficient (Wildman–Crippen LogP) is 3.34. The van der Waals surface area contributed by atoms with E-state index in [2.05, 4.69) is 40.2 Å². The van der Waals surface area contributed by atoms with Gasteiger partial charge in [-0.05, 0) is 42.4 Å². The summed E-state index contributed by atoms with van der Waals surface area (Å²) in [5.41, 5.74) is 3.61. The number of anilines is 1. The SMILES string of the molecule is OC1CCCC2=C1C=CCN2c1ccc2c[nH]cc2c1. The van der Waals surface area contributed by atoms with Crippen LogP contribution in [0, 0.1) is 0 Å². The Balaban J connectivity index is 1.79. The fraction of sp³-hybridized carbons (Fsp3) is 0.294. The van der Waals surface area contributed by atoms with E-state index in [1.807, 2.05) is 12.4 Å². The van der Waals surface area contributed by atoms with Crippen LogP contribution in [0.1, 0.15) is 19.3 Å². The lowest BCUT2D eigenvalue weighted by Gasteiger charge is -2.35. The van der Waals surface area contributed by atoms with Gasteiger partial charge in [0.2, 0.25) is 0 Å². The molecule has 2 aromatic rings. The van der Waals surface area contributed by atoms with Crippen molar-refractivity contribution in [3.63, 3.8) is 0 Å². The quantitative estimate of drug-likeness (QED) is 0.831. The van der Waals surface area contributed by atoms with Gasteiger partial charge < -0.3 is 15.0 Å². The number of H-pyrrole nitrogens is 1. The van der Waals surface area contributed by atoms with Crippen LogP contribution in [0.5, 0.6) is 0 Å². The molecule has 1 atom stereocenters. The molecular weight excluding hydrogens is 248 g/mol. The summed E-state index contributed by atoms with van der Waals surface area (Å²) < 4.78 is 0. The molecule has 0 bridgehead atoms. The van der Waals surface area contributed by atoms with E-state index in [4.69, 9.17) is 0 Å². The van der Waals surface area contributed by atoms with Crippen molar-refractivity contribution < 1.29 is 5.11 Å². The summed E-state index contributed by atoms with van der Waals surface area (Å²) in [6.45, 7) is 0.890. The first-order valence-electron chi connectivity index (χ1n) is 7.25. The highest BCUT2D eigenvalue weighted by Crippen LogP contribution is 2.35. The molecule has 0 saturated heterocycles. The van der Waals surface area contributed by atoms with Crippen molar-refractivity contribution in [2.75, 3.05) is 11.4 Å². The van der Waals surface area contributed by atoms with E-state index in [9.17, 15) is 5.11 Å². The van der Waals surface area contributed by atoms with Crippen molar-refractivity contribution in [2.24, 2.45) is 0 Å². The lowest BCUT2D eigenvalue weighted by atomic mass is 9.90. The number of aliphatic hydroxyl groups excluding tert-OH is 1. The number of aromatic amines is 1. The van der Waals surface area contributed by atoms with Crippen molar-refractivity contribution in [3.05, 3.63) is 54.0 Å². The zero-order valence-corrected chi connectivity index (χ0v) is 11.3. The Kier molecular flexibility index (Phi) is 2.67. The standard InChI is InChI=1S/C17H18N2O/c20-17-5-1-4-16-15(17)3-2-8-19(16)14-7-6-12-10-18-11-13(12)9-14/h2-3,6-7,9-11,17-18,20H,1,4-5,8H2. The molecule has 1 aromatic carbocycles. The number of rotatable bonds is 1. The Morgan fingerprint density at radius 2 is 2.10 bits per heavy atom. The van der Waals surface area contributed by atoms with Gasteiger partial charge in [0.15, 0.2) is 0 Å². The number of nitrogens with zero attached hydrogens (tertiary/aromatic N) is 1. The predicted molar refractivity (Wildman–Crippen MR) is 81.7 cm³/mol. The fourth-order valence-electron chi connectivity index (χ4n) is 3.32. The van der Waals surface area contributed by atoms with Crippen molar-refractivity contribution in [2.45, 2.75) is 25.4 Å². The average Bonchev–Trinajstić information content (AvgIpc) is 2.94. The third kappa shape index (κ3) is 1.78. The number of fused-ring (bicyclic) bond motifs is 1. The third-order valence-electron chi connectivity index (χ3n) is 4.35. The number of benzene rings is 1. The summed E-state index contributed by atoms with van der Waals surface area (Å²) in [7, 11) is 0. The Labute approximate surface area is 118 Å². The molecule has 3 nitrogen and oxygen atoms in total. The molecular formula is C17H18N2O. The first-order chi connectivity index (χ1) is 9.83. The van der Waals surface area contributed by atoms with Gasteiger partial charge in [-0.1, -0.05) is 18.2 Å². The Hall–Kier alpha value is -2.00. The van der Waals surface area contributed by atoms with Gasteiger partial charge in [-0.15, -0.1) is 0 Å². The molecule has 0 radical (unpaired) electrons. The normalized spacial score (nSPS) is 22.4. The average molecular weight is 266 g/mol. The van der Waals surface area contributed by atoms with Gasteiger partial charge >= 0.3 is 0 Å². The second-order valence-corrected chi connectivity index (χ2v) is 5.59. The van der Waals surface area contributed by atoms with Gasteiger partial charge in [0.05, 0.1) is 6.10 Å². The highest BCUT2D eigenvalue weighted by atomic mass is 16.3. The molecule has 4 rings (SSSR count). The lowest BCUT2D eigenvalue weighted by molar-refractivity contribution is 0.191. The van der Waals surface area contributed by atoms with Gasteiger partial charge in [0, 0.05) is 35.7 Å². The Morgan fingerprint density at radius 3 is 3.05 bits per heavy atom. The third-order valence-corrected chi connectivity index (χ3v) is 4.35. The minimum absolute atomic E-state index is 0.297. The highest BCUT2D eigenvalue weighted by Gasteiger charge is 2.25. The van der Waals surface area contributed by atoms with Gasteiger partial charge in [-0.2, -0.15) is 0 Å². The van der Waals surface area contributed by atoms with E-state index in [-0.39, 0.29) is 6.10 Å². The minimum atomic E-state index is -0.297. The lowest BCUT2D eigenvalue weighted by Crippen LogP contribution is -2.31. The van der Waals surface area contributed by atoms with E-state index < -0.39 is 0 Å². The maximum absolute atomic E-state index is 10.2. The van der Waals surface area contributed by atoms with Crippen molar-refractivity contribution in [3.8, 4) is 0 Å². The molecule has 1 unspecified atom stereocenters. The summed E-state index contributed by atoms with van der Waals surface area (Å²) in [5, 5.41) is 12.6. The summed E-state index contributed by atoms with van der Waals surface area (Å²) >= 11 is 0. The molecule has 0 fully saturated rings. The van der Waals surface area contributed by atoms with Crippen LogP contribution in [0.15, 0.2) is 54.0 Å². The van der Waals surface area contributed by atoms with Crippen LogP contribution >= 0.6 is 0 Å². The van der Waals surface area contributed by atoms with Crippen LogP contribution in [-0.4, -0.2) is 22.7 Å². The molecule has 102 valence electrons. The first kappa shape index (κ1) is 11.8. The highest BCUT2D eigenvalue weighted by molar-refractivity contribution is 5.86. The smallest absolute Gasteiger partial charge is 0.0806 e. The van der Waals surface area contributed by atoms with Crippen LogP contribution in [0.3, 0.4) is 0 Å². The van der Waals surface area contributed by atoms with E-state index in [0.29, 0.717) is 0 Å². The monoisotopic (exact) mass is 266 g/mol. The van der Waals surface area contributed by atoms with Crippen LogP contribution < -0.4 is 4.90 Å². The van der Waals surface area contributed by atoms with Crippen LogP contribution in [0.4, 0.5) is 5.69 Å². The zero-order valence-electron chi connectivity index (χ0n) is 11.3. The van der Waals surface area contributed by atoms with Crippen LogP contribution in [0.2, 0.25) is 0 Å². The molecule has 0 spiro atoms. The molecule has 20 heavy (non-hydrogen) atoms. The second kappa shape index (κ2) is 4.53. The molecule has 1 aliphatic carbocycles. The number of hydrogen-bond donors (Lipinski definition) is 2. The largest absolute Gasteiger partial charge is 0.388 e. The van der Waals surface area contributed by atoms with Crippen molar-refractivity contribution >= 4 is 16.5 Å². The molecule has 2 aliphatic rings. The molecule has 1 aromatic heterocycles. The number of nitrogens with one attached hydrogen (secondary N) is 1. The molecule has 0 saturated carbocycles. The van der Waals surface area contributed by atoms with E-state index >= 15 is 0 Å². The molecule has 0 amide bonds. The first-order valence-corrected chi connectivity index (χ1v) is 7.25.